The van der Waals surface area contributed by atoms with Crippen molar-refractivity contribution in [2.75, 3.05) is 6.54 Å². The van der Waals surface area contributed by atoms with Crippen LogP contribution in [0.4, 0.5) is 8.78 Å². The van der Waals surface area contributed by atoms with Crippen molar-refractivity contribution < 1.29 is 8.78 Å². The third-order valence-electron chi connectivity index (χ3n) is 1.67. The van der Waals surface area contributed by atoms with Gasteiger partial charge in [0.05, 0.1) is 6.21 Å². The van der Waals surface area contributed by atoms with Crippen molar-refractivity contribution in [3.05, 3.63) is 35.4 Å². The molecule has 0 fully saturated rings. The molecule has 1 aromatic rings. The summed E-state index contributed by atoms with van der Waals surface area (Å²) in [4.78, 5) is 0. The van der Waals surface area contributed by atoms with Gasteiger partial charge < -0.3 is 5.32 Å². The minimum atomic E-state index is -0.667. The molecule has 0 unspecified atom stereocenters. The van der Waals surface area contributed by atoms with E-state index in [9.17, 15) is 8.78 Å². The average Bonchev–Trinajstić information content (AvgIpc) is 2.22. The van der Waals surface area contributed by atoms with E-state index in [1.165, 1.54) is 12.3 Å². The van der Waals surface area contributed by atoms with Crippen LogP contribution in [-0.2, 0) is 0 Å². The first-order valence-electron chi connectivity index (χ1n) is 4.65. The number of thiocarbonyl (C=S) groups is 1. The highest BCUT2D eigenvalue weighted by Crippen LogP contribution is 2.06. The van der Waals surface area contributed by atoms with Gasteiger partial charge in [0.2, 0.25) is 0 Å². The fourth-order valence-electron chi connectivity index (χ4n) is 0.967. The van der Waals surface area contributed by atoms with Crippen molar-refractivity contribution in [2.45, 2.75) is 6.92 Å². The number of hydrazone groups is 1. The molecule has 0 radical (unpaired) electrons. The molecule has 6 heteroatoms. The normalized spacial score (nSPS) is 10.4. The van der Waals surface area contributed by atoms with Crippen LogP contribution in [0, 0.1) is 11.6 Å². The number of rotatable bonds is 3. The van der Waals surface area contributed by atoms with Crippen molar-refractivity contribution >= 4 is 23.5 Å². The van der Waals surface area contributed by atoms with Gasteiger partial charge in [0.15, 0.2) is 5.11 Å². The first-order valence-corrected chi connectivity index (χ1v) is 5.06. The molecule has 0 saturated heterocycles. The quantitative estimate of drug-likeness (QED) is 0.482. The Morgan fingerprint density at radius 2 is 2.25 bits per heavy atom. The number of nitrogens with one attached hydrogen (secondary N) is 2. The number of nitrogens with zero attached hydrogens (tertiary/aromatic N) is 1. The summed E-state index contributed by atoms with van der Waals surface area (Å²) >= 11 is 4.83. The summed E-state index contributed by atoms with van der Waals surface area (Å²) in [7, 11) is 0. The van der Waals surface area contributed by atoms with E-state index in [1.807, 2.05) is 6.92 Å². The maximum atomic E-state index is 13.1. The summed E-state index contributed by atoms with van der Waals surface area (Å²) < 4.78 is 25.7. The zero-order valence-electron chi connectivity index (χ0n) is 8.63. The molecule has 0 saturated carbocycles. The number of halogens is 2. The van der Waals surface area contributed by atoms with Gasteiger partial charge in [-0.25, -0.2) is 8.78 Å². The highest BCUT2D eigenvalue weighted by atomic mass is 32.1. The van der Waals surface area contributed by atoms with E-state index >= 15 is 0 Å². The van der Waals surface area contributed by atoms with Crippen molar-refractivity contribution in [3.63, 3.8) is 0 Å². The molecular weight excluding hydrogens is 232 g/mol. The van der Waals surface area contributed by atoms with Crippen LogP contribution >= 0.6 is 12.2 Å². The number of hydrogen-bond donors (Lipinski definition) is 2. The molecule has 0 heterocycles. The largest absolute Gasteiger partial charge is 0.362 e. The first-order chi connectivity index (χ1) is 7.63. The molecule has 1 aromatic carbocycles. The summed E-state index contributed by atoms with van der Waals surface area (Å²) in [5.41, 5.74) is 2.69. The monoisotopic (exact) mass is 243 g/mol. The van der Waals surface area contributed by atoms with Gasteiger partial charge in [0.25, 0.3) is 0 Å². The van der Waals surface area contributed by atoms with Crippen LogP contribution in [0.15, 0.2) is 23.3 Å². The maximum Gasteiger partial charge on any atom is 0.186 e. The molecule has 2 N–H and O–H groups in total. The topological polar surface area (TPSA) is 36.4 Å². The molecule has 86 valence electrons. The first kappa shape index (κ1) is 12.5. The fraction of sp³-hybridized carbons (Fsp3) is 0.200. The summed E-state index contributed by atoms with van der Waals surface area (Å²) in [5, 5.41) is 6.87. The second kappa shape index (κ2) is 6.12. The fourth-order valence-corrected chi connectivity index (χ4v) is 1.16. The van der Waals surface area contributed by atoms with Crippen LogP contribution in [0.25, 0.3) is 0 Å². The van der Waals surface area contributed by atoms with Crippen molar-refractivity contribution in [1.29, 1.82) is 0 Å². The Labute approximate surface area is 97.5 Å². The van der Waals surface area contributed by atoms with E-state index in [2.05, 4.69) is 15.8 Å². The predicted molar refractivity (Wildman–Crippen MR) is 63.4 cm³/mol. The van der Waals surface area contributed by atoms with E-state index < -0.39 is 11.6 Å². The lowest BCUT2D eigenvalue weighted by Crippen LogP contribution is -2.31. The van der Waals surface area contributed by atoms with E-state index in [0.29, 0.717) is 11.7 Å². The van der Waals surface area contributed by atoms with Crippen LogP contribution in [0.5, 0.6) is 0 Å². The van der Waals surface area contributed by atoms with E-state index in [0.717, 1.165) is 12.1 Å². The summed E-state index contributed by atoms with van der Waals surface area (Å²) in [5.74, 6) is -1.29. The Morgan fingerprint density at radius 3 is 2.88 bits per heavy atom. The van der Waals surface area contributed by atoms with Crippen LogP contribution in [-0.4, -0.2) is 17.9 Å². The van der Waals surface area contributed by atoms with Gasteiger partial charge in [-0.2, -0.15) is 5.10 Å². The molecule has 0 amide bonds. The van der Waals surface area contributed by atoms with Crippen LogP contribution in [0.3, 0.4) is 0 Å². The molecule has 0 atom stereocenters. The molecular formula is C10H11F2N3S. The summed E-state index contributed by atoms with van der Waals surface area (Å²) in [6.45, 7) is 2.56. The molecule has 0 spiro atoms. The highest BCUT2D eigenvalue weighted by molar-refractivity contribution is 7.80. The second-order valence-corrected chi connectivity index (χ2v) is 3.30. The second-order valence-electron chi connectivity index (χ2n) is 2.90. The summed E-state index contributed by atoms with van der Waals surface area (Å²) in [6, 6.07) is 3.25. The van der Waals surface area contributed by atoms with E-state index in [4.69, 9.17) is 12.2 Å². The number of hydrogen-bond acceptors (Lipinski definition) is 2. The average molecular weight is 243 g/mol. The van der Waals surface area contributed by atoms with Gasteiger partial charge in [-0.3, -0.25) is 5.43 Å². The molecule has 0 aliphatic rings. The van der Waals surface area contributed by atoms with Crippen molar-refractivity contribution in [2.24, 2.45) is 5.10 Å². The molecule has 0 aliphatic heterocycles. The molecule has 0 aromatic heterocycles. The van der Waals surface area contributed by atoms with Gasteiger partial charge in [-0.05, 0) is 31.3 Å². The zero-order valence-corrected chi connectivity index (χ0v) is 9.44. The maximum absolute atomic E-state index is 13.1. The molecule has 16 heavy (non-hydrogen) atoms. The van der Waals surface area contributed by atoms with Crippen LogP contribution in [0.2, 0.25) is 0 Å². The Balaban J connectivity index is 2.59. The lowest BCUT2D eigenvalue weighted by Gasteiger charge is -2.02. The van der Waals surface area contributed by atoms with E-state index in [1.54, 1.807) is 0 Å². The smallest absolute Gasteiger partial charge is 0.186 e. The van der Waals surface area contributed by atoms with Gasteiger partial charge in [-0.15, -0.1) is 0 Å². The Hall–Kier alpha value is -1.56. The van der Waals surface area contributed by atoms with Crippen molar-refractivity contribution in [1.82, 2.24) is 10.7 Å². The minimum absolute atomic E-state index is 0.188. The summed E-state index contributed by atoms with van der Waals surface area (Å²) in [6.07, 6.45) is 1.23. The number of benzene rings is 1. The zero-order chi connectivity index (χ0) is 12.0. The lowest BCUT2D eigenvalue weighted by atomic mass is 10.2. The van der Waals surface area contributed by atoms with Crippen LogP contribution in [0.1, 0.15) is 12.5 Å². The van der Waals surface area contributed by atoms with Crippen molar-refractivity contribution in [3.8, 4) is 0 Å². The SMILES string of the molecule is CCNC(=S)N/N=C\c1ccc(F)cc1F. The third kappa shape index (κ3) is 3.90. The molecule has 0 bridgehead atoms. The molecule has 1 rings (SSSR count). The Bertz CT molecular complexity index is 407. The Morgan fingerprint density at radius 1 is 1.50 bits per heavy atom. The predicted octanol–water partition coefficient (Wildman–Crippen LogP) is 1.78. The third-order valence-corrected chi connectivity index (χ3v) is 1.91. The van der Waals surface area contributed by atoms with Gasteiger partial charge in [-0.1, -0.05) is 0 Å². The molecule has 0 aliphatic carbocycles. The van der Waals surface area contributed by atoms with Gasteiger partial charge >= 0.3 is 0 Å². The minimum Gasteiger partial charge on any atom is -0.362 e. The van der Waals surface area contributed by atoms with E-state index in [-0.39, 0.29) is 5.56 Å². The lowest BCUT2D eigenvalue weighted by molar-refractivity contribution is 0.582. The molecule has 3 nitrogen and oxygen atoms in total. The van der Waals surface area contributed by atoms with Gasteiger partial charge in [0.1, 0.15) is 11.6 Å². The van der Waals surface area contributed by atoms with Crippen LogP contribution < -0.4 is 10.7 Å². The highest BCUT2D eigenvalue weighted by Gasteiger charge is 2.00. The van der Waals surface area contributed by atoms with Gasteiger partial charge in [0, 0.05) is 18.2 Å². The standard InChI is InChI=1S/C10H11F2N3S/c1-2-13-10(16)15-14-6-7-3-4-8(11)5-9(7)12/h3-6H,2H2,1H3,(H2,13,15,16)/b14-6-. The Kier molecular flexibility index (Phi) is 4.78.